The number of nitrogens with two attached hydrogens (primary N) is 1. The van der Waals surface area contributed by atoms with Gasteiger partial charge in [-0.15, -0.1) is 0 Å². The molecule has 0 atom stereocenters. The van der Waals surface area contributed by atoms with E-state index >= 15 is 0 Å². The van der Waals surface area contributed by atoms with Gasteiger partial charge in [-0.2, -0.15) is 39.5 Å². The molecule has 1 aromatic rings. The number of nitrogens with zero attached hydrogens (tertiary/aromatic N) is 1. The van der Waals surface area contributed by atoms with E-state index in [1.807, 2.05) is 0 Å². The molecule has 0 fully saturated rings. The van der Waals surface area contributed by atoms with Crippen molar-refractivity contribution in [1.29, 1.82) is 0 Å². The third-order valence-electron chi connectivity index (χ3n) is 2.68. The number of alkyl halides is 9. The molecule has 0 heterocycles. The van der Waals surface area contributed by atoms with Crippen LogP contribution in [0.5, 0.6) is 0 Å². The van der Waals surface area contributed by atoms with E-state index in [9.17, 15) is 39.5 Å². The van der Waals surface area contributed by atoms with Crippen LogP contribution in [0.3, 0.4) is 0 Å². The van der Waals surface area contributed by atoms with Crippen molar-refractivity contribution >= 4 is 11.5 Å². The van der Waals surface area contributed by atoms with Gasteiger partial charge in [0, 0.05) is 0 Å². The quantitative estimate of drug-likeness (QED) is 0.479. The zero-order valence-corrected chi connectivity index (χ0v) is 11.2. The lowest BCUT2D eigenvalue weighted by atomic mass is 9.95. The fraction of sp³-hybridized carbons (Fsp3) is 0.417. The van der Waals surface area contributed by atoms with Gasteiger partial charge in [-0.1, -0.05) is 18.2 Å². The summed E-state index contributed by atoms with van der Waals surface area (Å²) in [5.74, 6) is -20.0. The lowest BCUT2D eigenvalue weighted by Crippen LogP contribution is -2.59. The van der Waals surface area contributed by atoms with Gasteiger partial charge in [0.1, 0.15) is 0 Å². The van der Waals surface area contributed by atoms with E-state index in [1.54, 1.807) is 0 Å². The van der Waals surface area contributed by atoms with E-state index in [-0.39, 0.29) is 11.9 Å². The van der Waals surface area contributed by atoms with Gasteiger partial charge in [-0.25, -0.2) is 4.99 Å². The molecule has 0 bridgehead atoms. The smallest absolute Gasteiger partial charge is 0.387 e. The van der Waals surface area contributed by atoms with Crippen LogP contribution in [0.25, 0.3) is 0 Å². The maximum atomic E-state index is 13.8. The number of hydrogen-bond donors (Lipinski definition) is 1. The normalized spacial score (nSPS) is 15.0. The van der Waals surface area contributed by atoms with Crippen molar-refractivity contribution in [2.45, 2.75) is 30.9 Å². The number of benzene rings is 1. The predicted molar refractivity (Wildman–Crippen MR) is 63.2 cm³/mol. The van der Waals surface area contributed by atoms with E-state index in [0.717, 1.165) is 25.1 Å². The maximum absolute atomic E-state index is 13.8. The van der Waals surface area contributed by atoms with Crippen LogP contribution in [0.4, 0.5) is 45.2 Å². The fourth-order valence-electron chi connectivity index (χ4n) is 1.57. The molecule has 0 aromatic heterocycles. The molecular formula is C12H9F9N2. The van der Waals surface area contributed by atoms with Crippen molar-refractivity contribution in [3.8, 4) is 0 Å². The van der Waals surface area contributed by atoms with Gasteiger partial charge in [0.25, 0.3) is 0 Å². The van der Waals surface area contributed by atoms with Gasteiger partial charge >= 0.3 is 23.9 Å². The highest BCUT2D eigenvalue weighted by Gasteiger charge is 2.82. The Balaban J connectivity index is 3.56. The summed E-state index contributed by atoms with van der Waals surface area (Å²) in [7, 11) is 0. The first-order chi connectivity index (χ1) is 10.2. The minimum absolute atomic E-state index is 0.266. The molecule has 0 radical (unpaired) electrons. The summed E-state index contributed by atoms with van der Waals surface area (Å²) in [5.41, 5.74) is 2.33. The average molecular weight is 352 g/mol. The van der Waals surface area contributed by atoms with Gasteiger partial charge in [0.15, 0.2) is 0 Å². The zero-order chi connectivity index (χ0) is 18.3. The summed E-state index contributed by atoms with van der Waals surface area (Å²) in [4.78, 5) is 3.24. The second kappa shape index (κ2) is 5.60. The molecule has 1 rings (SSSR count). The van der Waals surface area contributed by atoms with Crippen LogP contribution < -0.4 is 5.73 Å². The molecule has 23 heavy (non-hydrogen) atoms. The van der Waals surface area contributed by atoms with Crippen molar-refractivity contribution < 1.29 is 39.5 Å². The van der Waals surface area contributed by atoms with E-state index < -0.39 is 35.2 Å². The van der Waals surface area contributed by atoms with Gasteiger partial charge in [0.05, 0.1) is 17.1 Å². The summed E-state index contributed by atoms with van der Waals surface area (Å²) < 4.78 is 116. The first kappa shape index (κ1) is 19.1. The largest absolute Gasteiger partial charge is 0.460 e. The maximum Gasteiger partial charge on any atom is 0.460 e. The molecule has 1 aromatic carbocycles. The number of rotatable bonds is 4. The summed E-state index contributed by atoms with van der Waals surface area (Å²) >= 11 is 0. The Bertz CT molecular complexity index is 601. The molecular weight excluding hydrogens is 343 g/mol. The second-order valence-electron chi connectivity index (χ2n) is 4.49. The summed E-state index contributed by atoms with van der Waals surface area (Å²) in [5, 5.41) is 0. The molecule has 0 saturated carbocycles. The first-order valence-corrected chi connectivity index (χ1v) is 5.76. The summed E-state index contributed by atoms with van der Waals surface area (Å²) in [6, 6.07) is 2.79. The lowest BCUT2D eigenvalue weighted by Gasteiger charge is -2.34. The Labute approximate surface area is 123 Å². The third-order valence-corrected chi connectivity index (χ3v) is 2.68. The predicted octanol–water partition coefficient (Wildman–Crippen LogP) is 4.62. The average Bonchev–Trinajstić information content (AvgIpc) is 2.36. The molecule has 11 heteroatoms. The molecule has 0 saturated heterocycles. The summed E-state index contributed by atoms with van der Waals surface area (Å²) in [6.45, 7) is 1.08. The highest BCUT2D eigenvalue weighted by molar-refractivity contribution is 5.81. The van der Waals surface area contributed by atoms with E-state index in [2.05, 4.69) is 4.99 Å². The monoisotopic (exact) mass is 352 g/mol. The van der Waals surface area contributed by atoms with Crippen LogP contribution in [0, 0.1) is 0 Å². The lowest BCUT2D eigenvalue weighted by molar-refractivity contribution is -0.399. The Morgan fingerprint density at radius 1 is 0.870 bits per heavy atom. The molecule has 0 amide bonds. The van der Waals surface area contributed by atoms with Crippen molar-refractivity contribution in [2.75, 3.05) is 0 Å². The number of aliphatic imine (C=N–C) groups is 1. The fourth-order valence-corrected chi connectivity index (χ4v) is 1.57. The molecule has 0 aliphatic carbocycles. The van der Waals surface area contributed by atoms with Crippen molar-refractivity contribution in [3.63, 3.8) is 0 Å². The van der Waals surface area contributed by atoms with Crippen LogP contribution in [0.2, 0.25) is 0 Å². The zero-order valence-electron chi connectivity index (χ0n) is 11.2. The highest BCUT2D eigenvalue weighted by Crippen LogP contribution is 2.57. The van der Waals surface area contributed by atoms with Crippen LogP contribution in [-0.4, -0.2) is 23.9 Å². The van der Waals surface area contributed by atoms with Crippen LogP contribution in [0.15, 0.2) is 29.3 Å². The Morgan fingerprint density at radius 3 is 1.78 bits per heavy atom. The van der Waals surface area contributed by atoms with Crippen molar-refractivity contribution in [2.24, 2.45) is 10.7 Å². The third kappa shape index (κ3) is 3.08. The van der Waals surface area contributed by atoms with Crippen LogP contribution >= 0.6 is 0 Å². The Morgan fingerprint density at radius 2 is 1.35 bits per heavy atom. The number of halogens is 9. The minimum Gasteiger partial charge on any atom is -0.387 e. The number of amidine groups is 1. The van der Waals surface area contributed by atoms with Gasteiger partial charge in [0.2, 0.25) is 0 Å². The summed E-state index contributed by atoms with van der Waals surface area (Å²) in [6.07, 6.45) is -6.87. The van der Waals surface area contributed by atoms with E-state index in [4.69, 9.17) is 5.73 Å². The minimum atomic E-state index is -6.96. The molecule has 0 unspecified atom stereocenters. The Kier molecular flexibility index (Phi) is 4.66. The van der Waals surface area contributed by atoms with E-state index in [0.29, 0.717) is 0 Å². The molecule has 2 N–H and O–H groups in total. The molecule has 0 aliphatic rings. The molecule has 0 spiro atoms. The molecule has 0 aliphatic heterocycles. The van der Waals surface area contributed by atoms with Gasteiger partial charge in [-0.05, 0) is 13.0 Å². The standard InChI is InChI=1S/C12H9F9N2/c1-6(22)23-8-5-3-2-4-7(8)9(13,14)10(15,16)11(17,18)12(19,20)21/h2-5H,1H3,(H2,22,23). The SMILES string of the molecule is CC(N)=Nc1ccccc1C(F)(F)C(F)(F)C(F)(F)C(F)(F)F. The molecule has 130 valence electrons. The van der Waals surface area contributed by atoms with Crippen molar-refractivity contribution in [3.05, 3.63) is 29.8 Å². The number of para-hydroxylation sites is 1. The first-order valence-electron chi connectivity index (χ1n) is 5.76. The molecule has 2 nitrogen and oxygen atoms in total. The van der Waals surface area contributed by atoms with Gasteiger partial charge in [-0.3, -0.25) is 0 Å². The van der Waals surface area contributed by atoms with Crippen molar-refractivity contribution in [1.82, 2.24) is 0 Å². The van der Waals surface area contributed by atoms with Crippen LogP contribution in [0.1, 0.15) is 12.5 Å². The Hall–Kier alpha value is -1.94. The van der Waals surface area contributed by atoms with Gasteiger partial charge < -0.3 is 5.73 Å². The van der Waals surface area contributed by atoms with E-state index in [1.165, 1.54) is 0 Å². The highest BCUT2D eigenvalue weighted by atomic mass is 19.4. The van der Waals surface area contributed by atoms with Crippen LogP contribution in [-0.2, 0) is 5.92 Å². The second-order valence-corrected chi connectivity index (χ2v) is 4.49. The topological polar surface area (TPSA) is 38.4 Å². The number of hydrogen-bond acceptors (Lipinski definition) is 1.